The lowest BCUT2D eigenvalue weighted by molar-refractivity contribution is -0.140. The zero-order valence-electron chi connectivity index (χ0n) is 15.2. The smallest absolute Gasteiger partial charge is 0.295 e. The molecule has 0 aromatic heterocycles. The molecular weight excluding hydrogens is 422 g/mol. The molecule has 0 spiro atoms. The Labute approximate surface area is 171 Å². The van der Waals surface area contributed by atoms with E-state index in [0.717, 1.165) is 22.9 Å². The molecule has 2 saturated heterocycles. The SMILES string of the molecule is O=C1C(=O)N(CC2CCCO2)C(c2cccc(Br)c2)/C1=C(\O)c1ccccc1. The molecule has 4 rings (SSSR count). The number of rotatable bonds is 4. The van der Waals surface area contributed by atoms with Gasteiger partial charge in [-0.2, -0.15) is 0 Å². The van der Waals surface area contributed by atoms with E-state index in [2.05, 4.69) is 15.9 Å². The molecule has 5 nitrogen and oxygen atoms in total. The molecule has 2 atom stereocenters. The lowest BCUT2D eigenvalue weighted by atomic mass is 9.95. The van der Waals surface area contributed by atoms with Gasteiger partial charge >= 0.3 is 0 Å². The van der Waals surface area contributed by atoms with Gasteiger partial charge in [0.25, 0.3) is 11.7 Å². The number of amides is 1. The molecule has 2 aromatic rings. The van der Waals surface area contributed by atoms with E-state index in [-0.39, 0.29) is 17.4 Å². The molecule has 6 heteroatoms. The molecule has 144 valence electrons. The van der Waals surface area contributed by atoms with Crippen LogP contribution in [-0.2, 0) is 14.3 Å². The average Bonchev–Trinajstić information content (AvgIpc) is 3.30. The number of carbonyl (C=O) groups is 2. The van der Waals surface area contributed by atoms with Gasteiger partial charge in [-0.05, 0) is 30.5 Å². The molecule has 2 aromatic carbocycles. The summed E-state index contributed by atoms with van der Waals surface area (Å²) in [5.74, 6) is -1.42. The van der Waals surface area contributed by atoms with Crippen molar-refractivity contribution in [2.45, 2.75) is 25.0 Å². The van der Waals surface area contributed by atoms with E-state index in [9.17, 15) is 14.7 Å². The summed E-state index contributed by atoms with van der Waals surface area (Å²) in [6.07, 6.45) is 1.71. The third-order valence-electron chi connectivity index (χ3n) is 5.18. The number of ketones is 1. The first-order valence-electron chi connectivity index (χ1n) is 9.27. The minimum Gasteiger partial charge on any atom is -0.507 e. The van der Waals surface area contributed by atoms with Crippen molar-refractivity contribution in [2.24, 2.45) is 0 Å². The number of aliphatic hydroxyl groups excluding tert-OH is 1. The zero-order valence-corrected chi connectivity index (χ0v) is 16.8. The summed E-state index contributed by atoms with van der Waals surface area (Å²) in [6.45, 7) is 0.994. The Bertz CT molecular complexity index is 935. The second kappa shape index (κ2) is 7.89. The molecule has 0 saturated carbocycles. The van der Waals surface area contributed by atoms with Crippen molar-refractivity contribution < 1.29 is 19.4 Å². The van der Waals surface area contributed by atoms with E-state index < -0.39 is 17.7 Å². The maximum atomic E-state index is 12.9. The second-order valence-electron chi connectivity index (χ2n) is 7.01. The van der Waals surface area contributed by atoms with Gasteiger partial charge < -0.3 is 14.7 Å². The molecule has 2 unspecified atom stereocenters. The molecular formula is C22H20BrNO4. The summed E-state index contributed by atoms with van der Waals surface area (Å²) < 4.78 is 6.53. The van der Waals surface area contributed by atoms with Crippen LogP contribution in [0.1, 0.15) is 30.0 Å². The van der Waals surface area contributed by atoms with Crippen molar-refractivity contribution in [3.8, 4) is 0 Å². The monoisotopic (exact) mass is 441 g/mol. The van der Waals surface area contributed by atoms with Crippen LogP contribution in [0.2, 0.25) is 0 Å². The lowest BCUT2D eigenvalue weighted by Gasteiger charge is -2.27. The third kappa shape index (κ3) is 3.50. The van der Waals surface area contributed by atoms with Crippen molar-refractivity contribution >= 4 is 33.4 Å². The van der Waals surface area contributed by atoms with Crippen LogP contribution in [0.15, 0.2) is 64.6 Å². The number of benzene rings is 2. The first-order valence-corrected chi connectivity index (χ1v) is 10.1. The fourth-order valence-electron chi connectivity index (χ4n) is 3.85. The third-order valence-corrected chi connectivity index (χ3v) is 5.67. The van der Waals surface area contributed by atoms with Gasteiger partial charge in [0.1, 0.15) is 5.76 Å². The van der Waals surface area contributed by atoms with Crippen LogP contribution in [0.4, 0.5) is 0 Å². The van der Waals surface area contributed by atoms with Crippen molar-refractivity contribution in [3.05, 3.63) is 75.8 Å². The maximum absolute atomic E-state index is 12.9. The van der Waals surface area contributed by atoms with Crippen LogP contribution in [0.25, 0.3) is 5.76 Å². The average molecular weight is 442 g/mol. The predicted octanol–water partition coefficient (Wildman–Crippen LogP) is 4.05. The molecule has 2 heterocycles. The standard InChI is InChI=1S/C22H20BrNO4/c23-16-9-4-8-15(12-16)19-18(20(25)14-6-2-1-3-7-14)21(26)22(27)24(19)13-17-10-5-11-28-17/h1-4,6-9,12,17,19,25H,5,10-11,13H2/b20-18+. The van der Waals surface area contributed by atoms with Crippen molar-refractivity contribution in [3.63, 3.8) is 0 Å². The molecule has 2 aliphatic heterocycles. The molecule has 28 heavy (non-hydrogen) atoms. The summed E-state index contributed by atoms with van der Waals surface area (Å²) in [5.41, 5.74) is 1.40. The number of hydrogen-bond acceptors (Lipinski definition) is 4. The Hall–Kier alpha value is -2.44. The van der Waals surface area contributed by atoms with Gasteiger partial charge in [0, 0.05) is 23.2 Å². The first-order chi connectivity index (χ1) is 13.6. The van der Waals surface area contributed by atoms with Gasteiger partial charge in [-0.15, -0.1) is 0 Å². The van der Waals surface area contributed by atoms with Gasteiger partial charge in [0.05, 0.1) is 17.7 Å². The van der Waals surface area contributed by atoms with Crippen LogP contribution in [0.3, 0.4) is 0 Å². The summed E-state index contributed by atoms with van der Waals surface area (Å²) in [5, 5.41) is 10.9. The number of aliphatic hydroxyl groups is 1. The van der Waals surface area contributed by atoms with Crippen LogP contribution in [0.5, 0.6) is 0 Å². The molecule has 0 radical (unpaired) electrons. The van der Waals surface area contributed by atoms with E-state index in [1.54, 1.807) is 24.3 Å². The highest BCUT2D eigenvalue weighted by Crippen LogP contribution is 2.40. The highest BCUT2D eigenvalue weighted by molar-refractivity contribution is 9.10. The second-order valence-corrected chi connectivity index (χ2v) is 7.92. The largest absolute Gasteiger partial charge is 0.507 e. The number of nitrogens with zero attached hydrogens (tertiary/aromatic N) is 1. The Balaban J connectivity index is 1.83. The Morgan fingerprint density at radius 2 is 1.93 bits per heavy atom. The summed E-state index contributed by atoms with van der Waals surface area (Å²) >= 11 is 3.46. The number of ether oxygens (including phenoxy) is 1. The number of hydrogen-bond donors (Lipinski definition) is 1. The maximum Gasteiger partial charge on any atom is 0.295 e. The molecule has 0 aliphatic carbocycles. The van der Waals surface area contributed by atoms with Crippen LogP contribution < -0.4 is 0 Å². The van der Waals surface area contributed by atoms with Gasteiger partial charge in [-0.1, -0.05) is 58.4 Å². The topological polar surface area (TPSA) is 66.8 Å². The number of likely N-dealkylation sites (tertiary alicyclic amines) is 1. The number of carbonyl (C=O) groups excluding carboxylic acids is 2. The van der Waals surface area contributed by atoms with Gasteiger partial charge in [-0.3, -0.25) is 9.59 Å². The first kappa shape index (κ1) is 18.9. The van der Waals surface area contributed by atoms with Gasteiger partial charge in [-0.25, -0.2) is 0 Å². The predicted molar refractivity (Wildman–Crippen MR) is 109 cm³/mol. The molecule has 0 bridgehead atoms. The van der Waals surface area contributed by atoms with Gasteiger partial charge in [0.2, 0.25) is 0 Å². The zero-order chi connectivity index (χ0) is 19.7. The van der Waals surface area contributed by atoms with E-state index in [1.807, 2.05) is 30.3 Å². The summed E-state index contributed by atoms with van der Waals surface area (Å²) in [4.78, 5) is 27.3. The summed E-state index contributed by atoms with van der Waals surface area (Å²) in [6, 6.07) is 15.7. The Morgan fingerprint density at radius 1 is 1.14 bits per heavy atom. The minimum absolute atomic E-state index is 0.0929. The van der Waals surface area contributed by atoms with Crippen LogP contribution >= 0.6 is 15.9 Å². The highest BCUT2D eigenvalue weighted by Gasteiger charge is 2.47. The Morgan fingerprint density at radius 3 is 2.61 bits per heavy atom. The number of Topliss-reactive ketones (excluding diaryl/α,β-unsaturated/α-hetero) is 1. The van der Waals surface area contributed by atoms with Crippen molar-refractivity contribution in [1.29, 1.82) is 0 Å². The lowest BCUT2D eigenvalue weighted by Crippen LogP contribution is -2.36. The van der Waals surface area contributed by atoms with Gasteiger partial charge in [0.15, 0.2) is 0 Å². The fraction of sp³-hybridized carbons (Fsp3) is 0.273. The van der Waals surface area contributed by atoms with Crippen LogP contribution in [-0.4, -0.2) is 41.0 Å². The molecule has 2 fully saturated rings. The molecule has 2 aliphatic rings. The number of halogens is 1. The normalized spacial score (nSPS) is 24.1. The van der Waals surface area contributed by atoms with E-state index in [0.29, 0.717) is 18.7 Å². The minimum atomic E-state index is -0.663. The van der Waals surface area contributed by atoms with Crippen molar-refractivity contribution in [2.75, 3.05) is 13.2 Å². The highest BCUT2D eigenvalue weighted by atomic mass is 79.9. The van der Waals surface area contributed by atoms with E-state index >= 15 is 0 Å². The molecule has 1 amide bonds. The quantitative estimate of drug-likeness (QED) is 0.441. The fourth-order valence-corrected chi connectivity index (χ4v) is 4.27. The summed E-state index contributed by atoms with van der Waals surface area (Å²) in [7, 11) is 0. The van der Waals surface area contributed by atoms with Crippen LogP contribution in [0, 0.1) is 0 Å². The van der Waals surface area contributed by atoms with E-state index in [1.165, 1.54) is 4.90 Å². The van der Waals surface area contributed by atoms with Crippen molar-refractivity contribution in [1.82, 2.24) is 4.90 Å². The van der Waals surface area contributed by atoms with E-state index in [4.69, 9.17) is 4.74 Å². The molecule has 1 N–H and O–H groups in total. The Kier molecular flexibility index (Phi) is 5.33.